The molecule has 0 bridgehead atoms. The molecule has 1 aromatic rings. The van der Waals surface area contributed by atoms with E-state index in [1.54, 1.807) is 12.1 Å². The van der Waals surface area contributed by atoms with E-state index in [-0.39, 0.29) is 23.8 Å². The Bertz CT molecular complexity index is 426. The van der Waals surface area contributed by atoms with Gasteiger partial charge >= 0.3 is 0 Å². The maximum Gasteiger partial charge on any atom is 0.176 e. The molecule has 18 heavy (non-hydrogen) atoms. The SMILES string of the molecule is C[C@@H]1CN(CC(=O)c2cccc(F)c2)C[C@H](C)O1. The van der Waals surface area contributed by atoms with Crippen LogP contribution in [0.25, 0.3) is 0 Å². The van der Waals surface area contributed by atoms with Gasteiger partial charge < -0.3 is 4.74 Å². The first kappa shape index (κ1) is 13.2. The Morgan fingerprint density at radius 3 is 2.67 bits per heavy atom. The van der Waals surface area contributed by atoms with Crippen molar-refractivity contribution in [3.05, 3.63) is 35.6 Å². The fourth-order valence-corrected chi connectivity index (χ4v) is 2.37. The quantitative estimate of drug-likeness (QED) is 0.771. The van der Waals surface area contributed by atoms with Gasteiger partial charge in [0.15, 0.2) is 5.78 Å². The van der Waals surface area contributed by atoms with Crippen LogP contribution in [0.2, 0.25) is 0 Å². The van der Waals surface area contributed by atoms with Gasteiger partial charge in [0.05, 0.1) is 18.8 Å². The van der Waals surface area contributed by atoms with Gasteiger partial charge in [0.1, 0.15) is 5.82 Å². The van der Waals surface area contributed by atoms with Crippen molar-refractivity contribution in [1.29, 1.82) is 0 Å². The maximum atomic E-state index is 13.0. The fourth-order valence-electron chi connectivity index (χ4n) is 2.37. The third kappa shape index (κ3) is 3.37. The minimum atomic E-state index is -0.371. The van der Waals surface area contributed by atoms with E-state index in [1.807, 2.05) is 13.8 Å². The van der Waals surface area contributed by atoms with Crippen molar-refractivity contribution in [1.82, 2.24) is 4.90 Å². The Morgan fingerprint density at radius 1 is 1.39 bits per heavy atom. The second-order valence-corrected chi connectivity index (χ2v) is 4.88. The highest BCUT2D eigenvalue weighted by Gasteiger charge is 2.24. The van der Waals surface area contributed by atoms with Crippen LogP contribution in [0.5, 0.6) is 0 Å². The topological polar surface area (TPSA) is 29.5 Å². The zero-order chi connectivity index (χ0) is 13.1. The molecule has 1 aliphatic rings. The molecule has 0 radical (unpaired) electrons. The molecule has 2 atom stereocenters. The number of hydrogen-bond acceptors (Lipinski definition) is 3. The van der Waals surface area contributed by atoms with Crippen molar-refractivity contribution >= 4 is 5.78 Å². The lowest BCUT2D eigenvalue weighted by molar-refractivity contribution is -0.0652. The van der Waals surface area contributed by atoms with Crippen LogP contribution in [-0.2, 0) is 4.74 Å². The number of Topliss-reactive ketones (excluding diaryl/α,β-unsaturated/α-hetero) is 1. The van der Waals surface area contributed by atoms with E-state index in [9.17, 15) is 9.18 Å². The van der Waals surface area contributed by atoms with Crippen molar-refractivity contribution < 1.29 is 13.9 Å². The normalized spacial score (nSPS) is 25.1. The molecular formula is C14H18FNO2. The van der Waals surface area contributed by atoms with Gasteiger partial charge in [-0.2, -0.15) is 0 Å². The number of hydrogen-bond donors (Lipinski definition) is 0. The number of rotatable bonds is 3. The smallest absolute Gasteiger partial charge is 0.176 e. The minimum absolute atomic E-state index is 0.0456. The average molecular weight is 251 g/mol. The third-order valence-corrected chi connectivity index (χ3v) is 3.01. The molecule has 0 aromatic heterocycles. The summed E-state index contributed by atoms with van der Waals surface area (Å²) < 4.78 is 18.7. The van der Waals surface area contributed by atoms with E-state index >= 15 is 0 Å². The van der Waals surface area contributed by atoms with E-state index in [0.29, 0.717) is 12.1 Å². The van der Waals surface area contributed by atoms with Crippen LogP contribution in [0, 0.1) is 5.82 Å². The fraction of sp³-hybridized carbons (Fsp3) is 0.500. The van der Waals surface area contributed by atoms with Crippen LogP contribution < -0.4 is 0 Å². The van der Waals surface area contributed by atoms with E-state index in [2.05, 4.69) is 4.90 Å². The lowest BCUT2D eigenvalue weighted by Gasteiger charge is -2.34. The van der Waals surface area contributed by atoms with Gasteiger partial charge in [0.2, 0.25) is 0 Å². The zero-order valence-electron chi connectivity index (χ0n) is 10.7. The third-order valence-electron chi connectivity index (χ3n) is 3.01. The number of carbonyl (C=O) groups excluding carboxylic acids is 1. The van der Waals surface area contributed by atoms with Crippen LogP contribution in [-0.4, -0.2) is 42.5 Å². The van der Waals surface area contributed by atoms with Gasteiger partial charge in [-0.1, -0.05) is 12.1 Å². The molecule has 1 heterocycles. The van der Waals surface area contributed by atoms with Crippen LogP contribution in [0.1, 0.15) is 24.2 Å². The molecule has 1 aromatic carbocycles. The van der Waals surface area contributed by atoms with Gasteiger partial charge in [-0.05, 0) is 26.0 Å². The summed E-state index contributed by atoms with van der Waals surface area (Å²) in [7, 11) is 0. The largest absolute Gasteiger partial charge is 0.373 e. The van der Waals surface area contributed by atoms with Crippen LogP contribution in [0.15, 0.2) is 24.3 Å². The van der Waals surface area contributed by atoms with E-state index < -0.39 is 0 Å². The number of ketones is 1. The van der Waals surface area contributed by atoms with Gasteiger partial charge in [-0.3, -0.25) is 9.69 Å². The van der Waals surface area contributed by atoms with E-state index in [0.717, 1.165) is 13.1 Å². The molecule has 0 aliphatic carbocycles. The van der Waals surface area contributed by atoms with Crippen molar-refractivity contribution in [2.45, 2.75) is 26.1 Å². The summed E-state index contributed by atoms with van der Waals surface area (Å²) >= 11 is 0. The molecule has 0 saturated carbocycles. The van der Waals surface area contributed by atoms with Crippen LogP contribution in [0.4, 0.5) is 4.39 Å². The molecular weight excluding hydrogens is 233 g/mol. The highest BCUT2D eigenvalue weighted by atomic mass is 19.1. The zero-order valence-corrected chi connectivity index (χ0v) is 10.7. The second kappa shape index (κ2) is 5.59. The minimum Gasteiger partial charge on any atom is -0.373 e. The van der Waals surface area contributed by atoms with Gasteiger partial charge in [0, 0.05) is 18.7 Å². The summed E-state index contributed by atoms with van der Waals surface area (Å²) in [5, 5.41) is 0. The molecule has 2 rings (SSSR count). The summed E-state index contributed by atoms with van der Waals surface area (Å²) in [4.78, 5) is 14.1. The first-order valence-electron chi connectivity index (χ1n) is 6.21. The lowest BCUT2D eigenvalue weighted by atomic mass is 10.1. The number of carbonyl (C=O) groups is 1. The number of nitrogens with zero attached hydrogens (tertiary/aromatic N) is 1. The Kier molecular flexibility index (Phi) is 4.09. The second-order valence-electron chi connectivity index (χ2n) is 4.88. The monoisotopic (exact) mass is 251 g/mol. The van der Waals surface area contributed by atoms with Crippen LogP contribution in [0.3, 0.4) is 0 Å². The number of morpholine rings is 1. The number of halogens is 1. The standard InChI is InChI=1S/C14H18FNO2/c1-10-7-16(8-11(2)18-10)9-14(17)12-4-3-5-13(15)6-12/h3-6,10-11H,7-9H2,1-2H3/t10-,11+. The highest BCUT2D eigenvalue weighted by Crippen LogP contribution is 2.12. The van der Waals surface area contributed by atoms with Crippen LogP contribution >= 0.6 is 0 Å². The molecule has 0 spiro atoms. The molecule has 3 nitrogen and oxygen atoms in total. The maximum absolute atomic E-state index is 13.0. The van der Waals surface area contributed by atoms with Crippen molar-refractivity contribution in [2.24, 2.45) is 0 Å². The average Bonchev–Trinajstić information content (AvgIpc) is 2.27. The molecule has 1 fully saturated rings. The predicted molar refractivity (Wildman–Crippen MR) is 67.2 cm³/mol. The molecule has 1 aliphatic heterocycles. The summed E-state index contributed by atoms with van der Waals surface area (Å²) in [5.41, 5.74) is 0.432. The van der Waals surface area contributed by atoms with Gasteiger partial charge in [0.25, 0.3) is 0 Å². The van der Waals surface area contributed by atoms with Crippen molar-refractivity contribution in [3.63, 3.8) is 0 Å². The molecule has 0 amide bonds. The van der Waals surface area contributed by atoms with Gasteiger partial charge in [-0.15, -0.1) is 0 Å². The number of benzene rings is 1. The van der Waals surface area contributed by atoms with E-state index in [4.69, 9.17) is 4.74 Å². The summed E-state index contributed by atoms with van der Waals surface area (Å²) in [6, 6.07) is 5.84. The lowest BCUT2D eigenvalue weighted by Crippen LogP contribution is -2.47. The molecule has 0 unspecified atom stereocenters. The molecule has 0 N–H and O–H groups in total. The first-order valence-corrected chi connectivity index (χ1v) is 6.21. The molecule has 98 valence electrons. The molecule has 1 saturated heterocycles. The summed E-state index contributed by atoms with van der Waals surface area (Å²) in [5.74, 6) is -0.416. The first-order chi connectivity index (χ1) is 8.54. The predicted octanol–water partition coefficient (Wildman–Crippen LogP) is 2.12. The van der Waals surface area contributed by atoms with Crippen molar-refractivity contribution in [3.8, 4) is 0 Å². The Labute approximate surface area is 107 Å². The van der Waals surface area contributed by atoms with E-state index in [1.165, 1.54) is 12.1 Å². The number of ether oxygens (including phenoxy) is 1. The highest BCUT2D eigenvalue weighted by molar-refractivity contribution is 5.97. The Hall–Kier alpha value is -1.26. The van der Waals surface area contributed by atoms with Crippen molar-refractivity contribution in [2.75, 3.05) is 19.6 Å². The Morgan fingerprint density at radius 2 is 2.06 bits per heavy atom. The summed E-state index contributed by atoms with van der Waals surface area (Å²) in [6.45, 7) is 5.79. The Balaban J connectivity index is 1.99. The van der Waals surface area contributed by atoms with Gasteiger partial charge in [-0.25, -0.2) is 4.39 Å². The molecule has 4 heteroatoms. The summed E-state index contributed by atoms with van der Waals surface area (Å²) in [6.07, 6.45) is 0.267.